The normalized spacial score (nSPS) is 21.3. The van der Waals surface area contributed by atoms with Crippen LogP contribution in [0, 0.1) is 0 Å². The molecule has 1 atom stereocenters. The third kappa shape index (κ3) is 4.54. The van der Waals surface area contributed by atoms with Gasteiger partial charge in [-0.15, -0.1) is 0 Å². The zero-order valence-electron chi connectivity index (χ0n) is 15.6. The van der Waals surface area contributed by atoms with Crippen molar-refractivity contribution >= 4 is 5.91 Å². The number of carbonyl (C=O) groups is 1. The van der Waals surface area contributed by atoms with E-state index in [-0.39, 0.29) is 11.9 Å². The number of piperidine rings is 1. The zero-order valence-corrected chi connectivity index (χ0v) is 15.6. The Hall–Kier alpha value is -2.25. The third-order valence-electron chi connectivity index (χ3n) is 5.48. The van der Waals surface area contributed by atoms with E-state index in [1.54, 1.807) is 0 Å². The largest absolute Gasteiger partial charge is 0.378 e. The van der Waals surface area contributed by atoms with Crippen molar-refractivity contribution in [2.45, 2.75) is 37.8 Å². The Labute approximate surface area is 159 Å². The second-order valence-electron chi connectivity index (χ2n) is 7.35. The number of hydrogen-bond acceptors (Lipinski definition) is 5. The van der Waals surface area contributed by atoms with Gasteiger partial charge in [0.25, 0.3) is 0 Å². The topological polar surface area (TPSA) is 72.3 Å². The number of nitrogens with zero attached hydrogens (tertiary/aromatic N) is 4. The number of carbonyl (C=O) groups excluding carboxylic acids is 1. The number of nitrogens with one attached hydrogen (secondary N) is 1. The maximum Gasteiger partial charge on any atom is 0.224 e. The van der Waals surface area contributed by atoms with Gasteiger partial charge in [-0.2, -0.15) is 0 Å². The Bertz CT molecular complexity index is 734. The van der Waals surface area contributed by atoms with Crippen LogP contribution in [0.3, 0.4) is 0 Å². The van der Waals surface area contributed by atoms with Gasteiger partial charge in [0.05, 0.1) is 13.2 Å². The molecule has 2 aromatic rings. The number of pyridine rings is 1. The molecule has 7 nitrogen and oxygen atoms in total. The molecule has 0 bridgehead atoms. The minimum Gasteiger partial charge on any atom is -0.378 e. The molecule has 7 heteroatoms. The maximum atomic E-state index is 12.6. The fourth-order valence-corrected chi connectivity index (χ4v) is 3.98. The van der Waals surface area contributed by atoms with Gasteiger partial charge in [0.2, 0.25) is 5.91 Å². The number of likely N-dealkylation sites (tertiary alicyclic amines) is 1. The molecule has 144 valence electrons. The summed E-state index contributed by atoms with van der Waals surface area (Å²) in [7, 11) is 0. The van der Waals surface area contributed by atoms with Crippen molar-refractivity contribution in [3.8, 4) is 0 Å². The fourth-order valence-electron chi connectivity index (χ4n) is 3.98. The molecule has 0 aromatic carbocycles. The summed E-state index contributed by atoms with van der Waals surface area (Å²) in [4.78, 5) is 23.3. The van der Waals surface area contributed by atoms with E-state index in [2.05, 4.69) is 19.9 Å². The number of rotatable bonds is 5. The zero-order chi connectivity index (χ0) is 18.5. The molecule has 2 aromatic heterocycles. The van der Waals surface area contributed by atoms with E-state index < -0.39 is 0 Å². The predicted molar refractivity (Wildman–Crippen MR) is 101 cm³/mol. The molecule has 4 rings (SSSR count). The molecule has 4 heterocycles. The summed E-state index contributed by atoms with van der Waals surface area (Å²) in [6.07, 6.45) is 10.0. The van der Waals surface area contributed by atoms with E-state index in [0.717, 1.165) is 51.5 Å². The van der Waals surface area contributed by atoms with Crippen LogP contribution in [0.2, 0.25) is 0 Å². The van der Waals surface area contributed by atoms with Crippen LogP contribution in [0.1, 0.15) is 36.6 Å². The molecule has 1 N–H and O–H groups in total. The van der Waals surface area contributed by atoms with Crippen molar-refractivity contribution in [2.75, 3.05) is 32.8 Å². The summed E-state index contributed by atoms with van der Waals surface area (Å²) in [5.41, 5.74) is 1.22. The molecular formula is C20H27N5O2. The Morgan fingerprint density at radius 3 is 2.78 bits per heavy atom. The molecule has 0 spiro atoms. The summed E-state index contributed by atoms with van der Waals surface area (Å²) in [6, 6.07) is 4.23. The number of aromatic nitrogens is 3. The summed E-state index contributed by atoms with van der Waals surface area (Å²) in [5, 5.41) is 3.36. The lowest BCUT2D eigenvalue weighted by Gasteiger charge is -2.33. The summed E-state index contributed by atoms with van der Waals surface area (Å²) < 4.78 is 7.67. The first kappa shape index (κ1) is 18.1. The van der Waals surface area contributed by atoms with Gasteiger partial charge < -0.3 is 19.5 Å². The number of hydrogen-bond donors (Lipinski definition) is 1. The lowest BCUT2D eigenvalue weighted by atomic mass is 9.95. The smallest absolute Gasteiger partial charge is 0.224 e. The highest BCUT2D eigenvalue weighted by molar-refractivity contribution is 5.77. The average molecular weight is 369 g/mol. The summed E-state index contributed by atoms with van der Waals surface area (Å²) in [5.74, 6) is 1.76. The molecule has 2 aliphatic rings. The Morgan fingerprint density at radius 2 is 2.04 bits per heavy atom. The molecule has 1 amide bonds. The molecule has 27 heavy (non-hydrogen) atoms. The third-order valence-corrected chi connectivity index (χ3v) is 5.48. The molecule has 0 radical (unpaired) electrons. The van der Waals surface area contributed by atoms with Crippen molar-refractivity contribution in [2.24, 2.45) is 0 Å². The first-order chi connectivity index (χ1) is 13.3. The van der Waals surface area contributed by atoms with E-state index in [1.165, 1.54) is 5.56 Å². The highest BCUT2D eigenvalue weighted by Crippen LogP contribution is 2.27. The van der Waals surface area contributed by atoms with Gasteiger partial charge in [0.1, 0.15) is 5.82 Å². The molecular weight excluding hydrogens is 342 g/mol. The van der Waals surface area contributed by atoms with E-state index in [9.17, 15) is 4.79 Å². The minimum atomic E-state index is 0.156. The van der Waals surface area contributed by atoms with Crippen molar-refractivity contribution in [1.29, 1.82) is 0 Å². The van der Waals surface area contributed by atoms with Crippen molar-refractivity contribution in [3.05, 3.63) is 48.3 Å². The van der Waals surface area contributed by atoms with Crippen molar-refractivity contribution < 1.29 is 9.53 Å². The van der Waals surface area contributed by atoms with Gasteiger partial charge in [-0.05, 0) is 30.5 Å². The van der Waals surface area contributed by atoms with E-state index in [4.69, 9.17) is 4.74 Å². The van der Waals surface area contributed by atoms with E-state index >= 15 is 0 Å². The van der Waals surface area contributed by atoms with Crippen LogP contribution in [0.15, 0.2) is 36.9 Å². The fraction of sp³-hybridized carbons (Fsp3) is 0.550. The maximum absolute atomic E-state index is 12.6. The second kappa shape index (κ2) is 8.63. The van der Waals surface area contributed by atoms with Gasteiger partial charge in [-0.25, -0.2) is 4.98 Å². The predicted octanol–water partition coefficient (Wildman–Crippen LogP) is 1.41. The van der Waals surface area contributed by atoms with E-state index in [0.29, 0.717) is 18.9 Å². The first-order valence-corrected chi connectivity index (χ1v) is 9.78. The Morgan fingerprint density at radius 1 is 1.22 bits per heavy atom. The number of amides is 1. The van der Waals surface area contributed by atoms with Crippen LogP contribution in [-0.2, 0) is 16.1 Å². The standard InChI is InChI=1S/C20H27N5O2/c26-19(13-18-15-27-12-8-22-18)24-9-3-17(4-10-24)20-23-7-11-25(20)14-16-1-5-21-6-2-16/h1-2,5-7,11,17-18,22H,3-4,8-10,12-15H2/t18-/m1/s1. The molecule has 2 fully saturated rings. The summed E-state index contributed by atoms with van der Waals surface area (Å²) in [6.45, 7) is 4.62. The molecule has 2 saturated heterocycles. The van der Waals surface area contributed by atoms with Crippen LogP contribution in [0.5, 0.6) is 0 Å². The second-order valence-corrected chi connectivity index (χ2v) is 7.35. The minimum absolute atomic E-state index is 0.156. The van der Waals surface area contributed by atoms with Crippen LogP contribution in [-0.4, -0.2) is 64.2 Å². The number of imidazole rings is 1. The highest BCUT2D eigenvalue weighted by atomic mass is 16.5. The van der Waals surface area contributed by atoms with Crippen LogP contribution in [0.25, 0.3) is 0 Å². The van der Waals surface area contributed by atoms with Gasteiger partial charge in [0.15, 0.2) is 0 Å². The van der Waals surface area contributed by atoms with Gasteiger partial charge >= 0.3 is 0 Å². The van der Waals surface area contributed by atoms with Crippen LogP contribution < -0.4 is 5.32 Å². The first-order valence-electron chi connectivity index (χ1n) is 9.78. The monoisotopic (exact) mass is 369 g/mol. The van der Waals surface area contributed by atoms with Gasteiger partial charge in [-0.1, -0.05) is 0 Å². The quantitative estimate of drug-likeness (QED) is 0.863. The van der Waals surface area contributed by atoms with Crippen molar-refractivity contribution in [3.63, 3.8) is 0 Å². The highest BCUT2D eigenvalue weighted by Gasteiger charge is 2.28. The van der Waals surface area contributed by atoms with E-state index in [1.807, 2.05) is 41.8 Å². The van der Waals surface area contributed by atoms with Gasteiger partial charge in [0, 0.05) is 69.3 Å². The summed E-state index contributed by atoms with van der Waals surface area (Å²) >= 11 is 0. The molecule has 0 unspecified atom stereocenters. The molecule has 0 saturated carbocycles. The lowest BCUT2D eigenvalue weighted by molar-refractivity contribution is -0.133. The van der Waals surface area contributed by atoms with Crippen LogP contribution in [0.4, 0.5) is 0 Å². The Kier molecular flexibility index (Phi) is 5.79. The SMILES string of the molecule is O=C(C[C@@H]1COCCN1)N1CCC(c2nccn2Cc2ccncc2)CC1. The Balaban J connectivity index is 1.32. The molecule has 2 aliphatic heterocycles. The van der Waals surface area contributed by atoms with Gasteiger partial charge in [-0.3, -0.25) is 9.78 Å². The van der Waals surface area contributed by atoms with Crippen LogP contribution >= 0.6 is 0 Å². The average Bonchev–Trinajstić information content (AvgIpc) is 3.18. The lowest BCUT2D eigenvalue weighted by Crippen LogP contribution is -2.46. The number of morpholine rings is 1. The number of ether oxygens (including phenoxy) is 1. The van der Waals surface area contributed by atoms with Crippen molar-refractivity contribution in [1.82, 2.24) is 24.8 Å². The molecule has 0 aliphatic carbocycles.